The van der Waals surface area contributed by atoms with Crippen LogP contribution in [0.4, 0.5) is 13.2 Å². The first-order chi connectivity index (χ1) is 7.31. The zero-order valence-electron chi connectivity index (χ0n) is 7.88. The molecule has 3 nitrogen and oxygen atoms in total. The van der Waals surface area contributed by atoms with Crippen molar-refractivity contribution in [2.45, 2.75) is 17.8 Å². The maximum Gasteiger partial charge on any atom is 0.320 e. The maximum atomic E-state index is 13.3. The summed E-state index contributed by atoms with van der Waals surface area (Å²) in [5.41, 5.74) is -3.08. The summed E-state index contributed by atoms with van der Waals surface area (Å²) in [6, 6.07) is 2.48. The number of rotatable bonds is 2. The lowest BCUT2D eigenvalue weighted by Crippen LogP contribution is -2.28. The van der Waals surface area contributed by atoms with Gasteiger partial charge in [-0.1, -0.05) is 6.07 Å². The number of hydrogen-bond acceptors (Lipinski definition) is 2. The summed E-state index contributed by atoms with van der Waals surface area (Å²) in [6.45, 7) is 0. The van der Waals surface area contributed by atoms with Crippen LogP contribution in [0.2, 0.25) is 0 Å². The van der Waals surface area contributed by atoms with Crippen molar-refractivity contribution in [1.29, 1.82) is 0 Å². The average molecular weight is 232 g/mol. The Hall–Kier alpha value is -1.72. The van der Waals surface area contributed by atoms with Crippen molar-refractivity contribution < 1.29 is 28.2 Å². The number of carboxylic acids is 1. The number of benzene rings is 1. The van der Waals surface area contributed by atoms with Crippen molar-refractivity contribution in [3.63, 3.8) is 0 Å². The van der Waals surface area contributed by atoms with Gasteiger partial charge in [0.1, 0.15) is 11.6 Å². The van der Waals surface area contributed by atoms with Crippen LogP contribution in [0.3, 0.4) is 0 Å². The van der Waals surface area contributed by atoms with Crippen LogP contribution >= 0.6 is 0 Å². The fraction of sp³-hybridized carbons (Fsp3) is 0.300. The van der Waals surface area contributed by atoms with Gasteiger partial charge in [0.15, 0.2) is 5.41 Å². The van der Waals surface area contributed by atoms with Gasteiger partial charge in [-0.25, -0.2) is 13.2 Å². The number of carbonyl (C=O) groups is 1. The van der Waals surface area contributed by atoms with E-state index in [-0.39, 0.29) is 0 Å². The van der Waals surface area contributed by atoms with E-state index >= 15 is 0 Å². The molecule has 0 radical (unpaired) electrons. The molecule has 86 valence electrons. The Labute approximate surface area is 88.1 Å². The van der Waals surface area contributed by atoms with Gasteiger partial charge in [-0.2, -0.15) is 0 Å². The Morgan fingerprint density at radius 1 is 1.38 bits per heavy atom. The molecule has 1 atom stereocenters. The molecule has 1 saturated carbocycles. The number of halogens is 3. The second-order valence-corrected chi connectivity index (χ2v) is 3.76. The van der Waals surface area contributed by atoms with E-state index in [0.717, 1.165) is 12.1 Å². The van der Waals surface area contributed by atoms with Crippen LogP contribution in [0.1, 0.15) is 12.0 Å². The normalized spacial score (nSPS) is 26.4. The van der Waals surface area contributed by atoms with Crippen LogP contribution in [0.25, 0.3) is 0 Å². The molecule has 1 aliphatic rings. The van der Waals surface area contributed by atoms with E-state index in [4.69, 9.17) is 10.2 Å². The fourth-order valence-corrected chi connectivity index (χ4v) is 1.78. The van der Waals surface area contributed by atoms with Gasteiger partial charge >= 0.3 is 5.97 Å². The molecule has 6 heteroatoms. The molecule has 1 unspecified atom stereocenters. The van der Waals surface area contributed by atoms with Gasteiger partial charge in [-0.3, -0.25) is 4.79 Å². The average Bonchev–Trinajstić information content (AvgIpc) is 2.70. The standard InChI is InChI=1S/C10H7F3O3/c11-7-3-5(14)1-2-6(7)9(8(15)16)4-10(9,12)13/h1-3,14H,4H2,(H,15,16). The molecule has 2 N–H and O–H groups in total. The van der Waals surface area contributed by atoms with Crippen molar-refractivity contribution in [3.05, 3.63) is 29.6 Å². The minimum Gasteiger partial charge on any atom is -0.508 e. The minimum atomic E-state index is -3.45. The van der Waals surface area contributed by atoms with E-state index in [1.807, 2.05) is 0 Å². The third-order valence-electron chi connectivity index (χ3n) is 2.76. The molecule has 0 amide bonds. The SMILES string of the molecule is O=C(O)C1(c2ccc(O)cc2F)CC1(F)F. The number of carboxylic acid groups (broad SMARTS) is 1. The molecule has 0 heterocycles. The molecular formula is C10H7F3O3. The molecule has 1 aliphatic carbocycles. The molecule has 0 bridgehead atoms. The van der Waals surface area contributed by atoms with E-state index in [0.29, 0.717) is 6.07 Å². The van der Waals surface area contributed by atoms with Gasteiger partial charge in [0, 0.05) is 18.1 Å². The molecule has 0 aromatic heterocycles. The van der Waals surface area contributed by atoms with Gasteiger partial charge in [-0.15, -0.1) is 0 Å². The number of alkyl halides is 2. The number of phenols is 1. The van der Waals surface area contributed by atoms with E-state index in [9.17, 15) is 18.0 Å². The first-order valence-electron chi connectivity index (χ1n) is 4.41. The highest BCUT2D eigenvalue weighted by molar-refractivity contribution is 5.87. The summed E-state index contributed by atoms with van der Waals surface area (Å²) < 4.78 is 39.5. The Morgan fingerprint density at radius 2 is 1.94 bits per heavy atom. The second-order valence-electron chi connectivity index (χ2n) is 3.76. The Morgan fingerprint density at radius 3 is 2.31 bits per heavy atom. The van der Waals surface area contributed by atoms with Crippen molar-refractivity contribution in [3.8, 4) is 5.75 Å². The Bertz CT molecular complexity index is 472. The molecule has 0 aliphatic heterocycles. The molecule has 16 heavy (non-hydrogen) atoms. The fourth-order valence-electron chi connectivity index (χ4n) is 1.78. The quantitative estimate of drug-likeness (QED) is 0.818. The molecule has 0 saturated heterocycles. The number of aromatic hydroxyl groups is 1. The Kier molecular flexibility index (Phi) is 1.95. The summed E-state index contributed by atoms with van der Waals surface area (Å²) in [5, 5.41) is 17.7. The van der Waals surface area contributed by atoms with Crippen molar-refractivity contribution in [2.75, 3.05) is 0 Å². The van der Waals surface area contributed by atoms with Crippen LogP contribution in [0.5, 0.6) is 5.75 Å². The summed E-state index contributed by atoms with van der Waals surface area (Å²) in [5.74, 6) is -6.79. The summed E-state index contributed by atoms with van der Waals surface area (Å²) in [4.78, 5) is 10.8. The summed E-state index contributed by atoms with van der Waals surface area (Å²) >= 11 is 0. The van der Waals surface area contributed by atoms with Gasteiger partial charge in [0.2, 0.25) is 0 Å². The molecular weight excluding hydrogens is 225 g/mol. The second kappa shape index (κ2) is 2.90. The van der Waals surface area contributed by atoms with Crippen LogP contribution in [-0.4, -0.2) is 22.1 Å². The van der Waals surface area contributed by atoms with Crippen molar-refractivity contribution >= 4 is 5.97 Å². The summed E-state index contributed by atoms with van der Waals surface area (Å²) in [6.07, 6.45) is -0.920. The van der Waals surface area contributed by atoms with Gasteiger partial charge in [-0.05, 0) is 6.07 Å². The van der Waals surface area contributed by atoms with Crippen LogP contribution in [0.15, 0.2) is 18.2 Å². The number of hydrogen-bond donors (Lipinski definition) is 2. The first kappa shape index (κ1) is 10.8. The third kappa shape index (κ3) is 1.19. The van der Waals surface area contributed by atoms with Crippen molar-refractivity contribution in [2.24, 2.45) is 0 Å². The van der Waals surface area contributed by atoms with Crippen LogP contribution < -0.4 is 0 Å². The molecule has 0 spiro atoms. The van der Waals surface area contributed by atoms with Gasteiger partial charge in [0.05, 0.1) is 0 Å². The molecule has 1 fully saturated rings. The topological polar surface area (TPSA) is 57.5 Å². The third-order valence-corrected chi connectivity index (χ3v) is 2.76. The van der Waals surface area contributed by atoms with E-state index < -0.39 is 40.9 Å². The molecule has 1 aromatic carbocycles. The highest BCUT2D eigenvalue weighted by atomic mass is 19.3. The smallest absolute Gasteiger partial charge is 0.320 e. The lowest BCUT2D eigenvalue weighted by atomic mass is 9.94. The molecule has 2 rings (SSSR count). The zero-order valence-corrected chi connectivity index (χ0v) is 7.88. The van der Waals surface area contributed by atoms with E-state index in [2.05, 4.69) is 0 Å². The summed E-state index contributed by atoms with van der Waals surface area (Å²) in [7, 11) is 0. The van der Waals surface area contributed by atoms with E-state index in [1.165, 1.54) is 0 Å². The van der Waals surface area contributed by atoms with Crippen molar-refractivity contribution in [1.82, 2.24) is 0 Å². The van der Waals surface area contributed by atoms with Gasteiger partial charge in [0.25, 0.3) is 5.92 Å². The number of phenolic OH excluding ortho intramolecular Hbond substituents is 1. The molecule has 1 aromatic rings. The maximum absolute atomic E-state index is 13.3. The largest absolute Gasteiger partial charge is 0.508 e. The highest BCUT2D eigenvalue weighted by Gasteiger charge is 2.78. The lowest BCUT2D eigenvalue weighted by molar-refractivity contribution is -0.143. The zero-order chi connectivity index (χ0) is 12.1. The highest BCUT2D eigenvalue weighted by Crippen LogP contribution is 2.62. The first-order valence-corrected chi connectivity index (χ1v) is 4.41. The monoisotopic (exact) mass is 232 g/mol. The van der Waals surface area contributed by atoms with Crippen LogP contribution in [-0.2, 0) is 10.2 Å². The predicted octanol–water partition coefficient (Wildman–Crippen LogP) is 1.89. The van der Waals surface area contributed by atoms with Gasteiger partial charge < -0.3 is 10.2 Å². The van der Waals surface area contributed by atoms with E-state index in [1.54, 1.807) is 0 Å². The predicted molar refractivity (Wildman–Crippen MR) is 46.9 cm³/mol. The van der Waals surface area contributed by atoms with Crippen LogP contribution in [0, 0.1) is 5.82 Å². The minimum absolute atomic E-state index is 0.439. The number of aliphatic carboxylic acids is 1. The Balaban J connectivity index is 2.56. The lowest BCUT2D eigenvalue weighted by Gasteiger charge is -2.12.